The van der Waals surface area contributed by atoms with Gasteiger partial charge in [0.1, 0.15) is 6.04 Å². The maximum atomic E-state index is 11.9. The van der Waals surface area contributed by atoms with Gasteiger partial charge >= 0.3 is 18.0 Å². The number of hydrogen-bond donors (Lipinski definition) is 3. The summed E-state index contributed by atoms with van der Waals surface area (Å²) in [5.41, 5.74) is 0. The van der Waals surface area contributed by atoms with Crippen LogP contribution in [0.15, 0.2) is 0 Å². The zero-order valence-electron chi connectivity index (χ0n) is 11.5. The molecule has 1 aliphatic rings. The van der Waals surface area contributed by atoms with E-state index in [1.54, 1.807) is 4.90 Å². The van der Waals surface area contributed by atoms with E-state index in [-0.39, 0.29) is 12.8 Å². The molecule has 0 radical (unpaired) electrons. The molecule has 8 heteroatoms. The molecule has 0 aromatic carbocycles. The first-order chi connectivity index (χ1) is 9.43. The zero-order valence-corrected chi connectivity index (χ0v) is 11.5. The first-order valence-electron chi connectivity index (χ1n) is 6.66. The minimum atomic E-state index is -1.22. The van der Waals surface area contributed by atoms with Gasteiger partial charge in [0.2, 0.25) is 0 Å². The molecule has 2 amide bonds. The third kappa shape index (κ3) is 5.04. The lowest BCUT2D eigenvalue weighted by molar-refractivity contribution is -0.140. The van der Waals surface area contributed by atoms with Crippen LogP contribution in [0, 0.1) is 0 Å². The average Bonchev–Trinajstić information content (AvgIpc) is 2.42. The second kappa shape index (κ2) is 7.68. The van der Waals surface area contributed by atoms with Gasteiger partial charge in [-0.25, -0.2) is 9.59 Å². The molecule has 1 rings (SSSR count). The van der Waals surface area contributed by atoms with E-state index >= 15 is 0 Å². The summed E-state index contributed by atoms with van der Waals surface area (Å²) in [6.07, 6.45) is -0.411. The molecule has 1 atom stereocenters. The third-order valence-electron chi connectivity index (χ3n) is 3.35. The van der Waals surface area contributed by atoms with Crippen molar-refractivity contribution in [2.75, 3.05) is 32.7 Å². The topological polar surface area (TPSA) is 110 Å². The van der Waals surface area contributed by atoms with Crippen molar-refractivity contribution in [1.82, 2.24) is 15.1 Å². The van der Waals surface area contributed by atoms with E-state index in [2.05, 4.69) is 10.2 Å². The first-order valence-corrected chi connectivity index (χ1v) is 6.66. The predicted octanol–water partition coefficient (Wildman–Crippen LogP) is -0.348. The van der Waals surface area contributed by atoms with Crippen LogP contribution in [-0.2, 0) is 9.59 Å². The number of piperazine rings is 1. The van der Waals surface area contributed by atoms with E-state index < -0.39 is 24.0 Å². The second-order valence-corrected chi connectivity index (χ2v) is 4.69. The number of carboxylic acids is 2. The van der Waals surface area contributed by atoms with Crippen LogP contribution < -0.4 is 5.32 Å². The number of carbonyl (C=O) groups is 3. The van der Waals surface area contributed by atoms with Gasteiger partial charge in [-0.3, -0.25) is 4.79 Å². The van der Waals surface area contributed by atoms with Gasteiger partial charge in [0.25, 0.3) is 0 Å². The molecule has 1 fully saturated rings. The number of rotatable bonds is 6. The van der Waals surface area contributed by atoms with Crippen molar-refractivity contribution in [1.29, 1.82) is 0 Å². The largest absolute Gasteiger partial charge is 0.481 e. The molecule has 1 heterocycles. The van der Waals surface area contributed by atoms with E-state index in [4.69, 9.17) is 10.2 Å². The molecule has 1 unspecified atom stereocenters. The van der Waals surface area contributed by atoms with Gasteiger partial charge in [-0.15, -0.1) is 0 Å². The molecule has 20 heavy (non-hydrogen) atoms. The molecule has 0 bridgehead atoms. The first kappa shape index (κ1) is 16.2. The SMILES string of the molecule is CCN1CCN(C(=O)NC(CCC(=O)O)C(=O)O)CC1. The highest BCUT2D eigenvalue weighted by Crippen LogP contribution is 2.04. The van der Waals surface area contributed by atoms with Crippen molar-refractivity contribution in [3.05, 3.63) is 0 Å². The Bertz CT molecular complexity index is 366. The number of aliphatic carboxylic acids is 2. The second-order valence-electron chi connectivity index (χ2n) is 4.69. The number of hydrogen-bond acceptors (Lipinski definition) is 4. The number of urea groups is 1. The number of nitrogens with one attached hydrogen (secondary N) is 1. The van der Waals surface area contributed by atoms with E-state index in [0.29, 0.717) is 13.1 Å². The minimum absolute atomic E-state index is 0.120. The number of carboxylic acid groups (broad SMARTS) is 2. The summed E-state index contributed by atoms with van der Waals surface area (Å²) in [7, 11) is 0. The van der Waals surface area contributed by atoms with E-state index in [1.807, 2.05) is 6.92 Å². The van der Waals surface area contributed by atoms with Gasteiger partial charge in [-0.1, -0.05) is 6.92 Å². The van der Waals surface area contributed by atoms with Gasteiger partial charge in [0.15, 0.2) is 0 Å². The lowest BCUT2D eigenvalue weighted by Gasteiger charge is -2.34. The lowest BCUT2D eigenvalue weighted by Crippen LogP contribution is -2.54. The molecule has 0 aliphatic carbocycles. The highest BCUT2D eigenvalue weighted by atomic mass is 16.4. The van der Waals surface area contributed by atoms with Gasteiger partial charge in [-0.2, -0.15) is 0 Å². The van der Waals surface area contributed by atoms with Gasteiger partial charge in [0, 0.05) is 32.6 Å². The van der Waals surface area contributed by atoms with Gasteiger partial charge in [0.05, 0.1) is 0 Å². The quantitative estimate of drug-likeness (QED) is 0.616. The number of likely N-dealkylation sites (N-methyl/N-ethyl adjacent to an activating group) is 1. The highest BCUT2D eigenvalue weighted by Gasteiger charge is 2.25. The fraction of sp³-hybridized carbons (Fsp3) is 0.750. The molecule has 1 saturated heterocycles. The van der Waals surface area contributed by atoms with Crippen LogP contribution >= 0.6 is 0 Å². The van der Waals surface area contributed by atoms with Crippen LogP contribution in [0.5, 0.6) is 0 Å². The zero-order chi connectivity index (χ0) is 15.1. The van der Waals surface area contributed by atoms with Crippen molar-refractivity contribution >= 4 is 18.0 Å². The third-order valence-corrected chi connectivity index (χ3v) is 3.35. The fourth-order valence-electron chi connectivity index (χ4n) is 2.03. The number of carbonyl (C=O) groups excluding carboxylic acids is 1. The molecule has 0 aromatic rings. The summed E-state index contributed by atoms with van der Waals surface area (Å²) in [6.45, 7) is 5.58. The Labute approximate surface area is 117 Å². The molecule has 8 nitrogen and oxygen atoms in total. The average molecular weight is 287 g/mol. The summed E-state index contributed by atoms with van der Waals surface area (Å²) in [4.78, 5) is 37.1. The van der Waals surface area contributed by atoms with E-state index in [9.17, 15) is 14.4 Å². The summed E-state index contributed by atoms with van der Waals surface area (Å²) in [6, 6.07) is -1.61. The van der Waals surface area contributed by atoms with Crippen molar-refractivity contribution < 1.29 is 24.6 Å². The Morgan fingerprint density at radius 3 is 2.20 bits per heavy atom. The van der Waals surface area contributed by atoms with E-state index in [1.165, 1.54) is 0 Å². The number of amides is 2. The van der Waals surface area contributed by atoms with Crippen molar-refractivity contribution in [3.8, 4) is 0 Å². The van der Waals surface area contributed by atoms with Crippen molar-refractivity contribution in [2.45, 2.75) is 25.8 Å². The fourth-order valence-corrected chi connectivity index (χ4v) is 2.03. The van der Waals surface area contributed by atoms with Crippen LogP contribution in [0.4, 0.5) is 4.79 Å². The highest BCUT2D eigenvalue weighted by molar-refractivity contribution is 5.83. The Kier molecular flexibility index (Phi) is 6.23. The summed E-state index contributed by atoms with van der Waals surface area (Å²) >= 11 is 0. The molecule has 114 valence electrons. The molecular weight excluding hydrogens is 266 g/mol. The normalized spacial score (nSPS) is 17.6. The van der Waals surface area contributed by atoms with Crippen LogP contribution in [0.2, 0.25) is 0 Å². The molecule has 0 spiro atoms. The van der Waals surface area contributed by atoms with E-state index in [0.717, 1.165) is 19.6 Å². The summed E-state index contributed by atoms with van der Waals surface area (Å²) in [5.74, 6) is -2.30. The Hall–Kier alpha value is -1.83. The Morgan fingerprint density at radius 1 is 1.15 bits per heavy atom. The van der Waals surface area contributed by atoms with Crippen LogP contribution in [0.25, 0.3) is 0 Å². The molecular formula is C12H21N3O5. The molecule has 0 aromatic heterocycles. The van der Waals surface area contributed by atoms with Crippen LogP contribution in [0.3, 0.4) is 0 Å². The maximum absolute atomic E-state index is 11.9. The molecule has 3 N–H and O–H groups in total. The van der Waals surface area contributed by atoms with Crippen molar-refractivity contribution in [3.63, 3.8) is 0 Å². The Morgan fingerprint density at radius 2 is 1.75 bits per heavy atom. The minimum Gasteiger partial charge on any atom is -0.481 e. The smallest absolute Gasteiger partial charge is 0.326 e. The molecule has 1 aliphatic heterocycles. The maximum Gasteiger partial charge on any atom is 0.326 e. The standard InChI is InChI=1S/C12H21N3O5/c1-2-14-5-7-15(8-6-14)12(20)13-9(11(18)19)3-4-10(16)17/h9H,2-8H2,1H3,(H,13,20)(H,16,17)(H,18,19). The number of nitrogens with zero attached hydrogens (tertiary/aromatic N) is 2. The molecule has 0 saturated carbocycles. The van der Waals surface area contributed by atoms with Crippen LogP contribution in [0.1, 0.15) is 19.8 Å². The summed E-state index contributed by atoms with van der Waals surface area (Å²) < 4.78 is 0. The predicted molar refractivity (Wildman–Crippen MR) is 70.5 cm³/mol. The van der Waals surface area contributed by atoms with Crippen LogP contribution in [-0.4, -0.2) is 76.7 Å². The Balaban J connectivity index is 2.45. The van der Waals surface area contributed by atoms with Gasteiger partial charge < -0.3 is 25.3 Å². The van der Waals surface area contributed by atoms with Crippen molar-refractivity contribution in [2.24, 2.45) is 0 Å². The lowest BCUT2D eigenvalue weighted by atomic mass is 10.1. The summed E-state index contributed by atoms with van der Waals surface area (Å²) in [5, 5.41) is 19.9. The monoisotopic (exact) mass is 287 g/mol. The van der Waals surface area contributed by atoms with Gasteiger partial charge in [-0.05, 0) is 13.0 Å².